The summed E-state index contributed by atoms with van der Waals surface area (Å²) in [7, 11) is -2.40. The summed E-state index contributed by atoms with van der Waals surface area (Å²) in [5.74, 6) is -0.481. The number of nitrogens with one attached hydrogen (secondary N) is 2. The van der Waals surface area contributed by atoms with Crippen LogP contribution in [-0.2, 0) is 39.6 Å². The molecule has 0 radical (unpaired) electrons. The molecule has 0 fully saturated rings. The third kappa shape index (κ3) is 6.91. The first-order chi connectivity index (χ1) is 20.1. The minimum absolute atomic E-state index is 0.0270. The first-order valence-electron chi connectivity index (χ1n) is 14.1. The zero-order chi connectivity index (χ0) is 30.4. The van der Waals surface area contributed by atoms with E-state index < -0.39 is 22.0 Å². The number of fused-ring (bicyclic) bond motifs is 1. The van der Waals surface area contributed by atoms with Crippen LogP contribution in [0.4, 0.5) is 0 Å². The Kier molecular flexibility index (Phi) is 9.85. The van der Waals surface area contributed by atoms with Crippen molar-refractivity contribution in [1.82, 2.24) is 19.3 Å². The van der Waals surface area contributed by atoms with E-state index in [9.17, 15) is 18.0 Å². The van der Waals surface area contributed by atoms with Crippen molar-refractivity contribution in [3.05, 3.63) is 76.2 Å². The first-order valence-corrected chi connectivity index (χ1v) is 15.6. The number of ether oxygens (including phenoxy) is 2. The summed E-state index contributed by atoms with van der Waals surface area (Å²) < 4.78 is 42.8. The fourth-order valence-corrected chi connectivity index (χ4v) is 6.03. The number of aromatic amines is 1. The van der Waals surface area contributed by atoms with Gasteiger partial charge in [0.05, 0.1) is 22.6 Å². The molecule has 0 bridgehead atoms. The molecule has 2 heterocycles. The molecule has 42 heavy (non-hydrogen) atoms. The first kappa shape index (κ1) is 31.0. The predicted octanol–water partition coefficient (Wildman–Crippen LogP) is 4.72. The Morgan fingerprint density at radius 1 is 1.10 bits per heavy atom. The topological polar surface area (TPSA) is 132 Å². The molecule has 2 aromatic heterocycles. The Morgan fingerprint density at radius 3 is 2.50 bits per heavy atom. The average Bonchev–Trinajstić information content (AvgIpc) is 3.29. The zero-order valence-electron chi connectivity index (χ0n) is 24.6. The van der Waals surface area contributed by atoms with Crippen molar-refractivity contribution in [1.29, 1.82) is 0 Å². The van der Waals surface area contributed by atoms with Gasteiger partial charge in [-0.3, -0.25) is 9.59 Å². The van der Waals surface area contributed by atoms with Gasteiger partial charge in [0.1, 0.15) is 29.7 Å². The highest BCUT2D eigenvalue weighted by Gasteiger charge is 2.30. The number of benzene rings is 2. The monoisotopic (exact) mass is 594 g/mol. The van der Waals surface area contributed by atoms with Gasteiger partial charge in [0.25, 0.3) is 5.56 Å². The number of carbonyl (C=O) groups excluding carboxylic acids is 1. The normalized spacial score (nSPS) is 12.5. The Balaban J connectivity index is 1.71. The van der Waals surface area contributed by atoms with Crippen molar-refractivity contribution in [2.75, 3.05) is 6.61 Å². The Bertz CT molecular complexity index is 1710. The van der Waals surface area contributed by atoms with E-state index in [0.717, 1.165) is 30.4 Å². The van der Waals surface area contributed by atoms with Gasteiger partial charge in [-0.25, -0.2) is 13.4 Å². The number of hydrogen-bond acceptors (Lipinski definition) is 7. The molecular weight excluding hydrogens is 556 g/mol. The maximum Gasteiger partial charge on any atom is 0.324 e. The van der Waals surface area contributed by atoms with Crippen LogP contribution in [0.5, 0.6) is 5.75 Å². The molecule has 224 valence electrons. The minimum atomic E-state index is -4.20. The maximum atomic E-state index is 13.6. The van der Waals surface area contributed by atoms with Gasteiger partial charge in [0.2, 0.25) is 10.0 Å². The Hall–Kier alpha value is -3.96. The van der Waals surface area contributed by atoms with E-state index in [1.807, 2.05) is 50.4 Å². The third-order valence-electron chi connectivity index (χ3n) is 6.83. The summed E-state index contributed by atoms with van der Waals surface area (Å²) in [4.78, 5) is 33.6. The smallest absolute Gasteiger partial charge is 0.324 e. The molecule has 10 nitrogen and oxygen atoms in total. The molecule has 0 saturated carbocycles. The number of H-pyrrole nitrogens is 1. The van der Waals surface area contributed by atoms with Crippen molar-refractivity contribution in [3.8, 4) is 17.1 Å². The molecule has 2 N–H and O–H groups in total. The number of rotatable bonds is 13. The van der Waals surface area contributed by atoms with E-state index in [1.165, 1.54) is 12.1 Å². The van der Waals surface area contributed by atoms with Crippen molar-refractivity contribution in [2.24, 2.45) is 13.0 Å². The summed E-state index contributed by atoms with van der Waals surface area (Å²) in [5, 5.41) is 0. The SMILES string of the molecule is CCCOc1ccc(S(=O)(=O)N[C@H](C(=O)OCc2ccccc2)C(C)C)cc1-c1nc2c(CCC)cn(C)c2c(=O)[nH]1. The Labute approximate surface area is 246 Å². The number of aryl methyl sites for hydroxylation is 2. The fraction of sp³-hybridized carbons (Fsp3) is 0.387. The van der Waals surface area contributed by atoms with Gasteiger partial charge in [-0.1, -0.05) is 64.4 Å². The van der Waals surface area contributed by atoms with E-state index in [1.54, 1.807) is 31.5 Å². The fourth-order valence-electron chi connectivity index (χ4n) is 4.67. The highest BCUT2D eigenvalue weighted by molar-refractivity contribution is 7.89. The lowest BCUT2D eigenvalue weighted by Gasteiger charge is -2.21. The van der Waals surface area contributed by atoms with E-state index in [0.29, 0.717) is 29.0 Å². The lowest BCUT2D eigenvalue weighted by Crippen LogP contribution is -2.45. The van der Waals surface area contributed by atoms with Crippen molar-refractivity contribution >= 4 is 27.0 Å². The van der Waals surface area contributed by atoms with E-state index in [2.05, 4.69) is 9.71 Å². The molecule has 1 atom stereocenters. The number of carbonyl (C=O) groups is 1. The lowest BCUT2D eigenvalue weighted by atomic mass is 10.1. The number of nitrogens with zero attached hydrogens (tertiary/aromatic N) is 2. The third-order valence-corrected chi connectivity index (χ3v) is 8.26. The summed E-state index contributed by atoms with van der Waals surface area (Å²) in [6, 6.07) is 12.4. The summed E-state index contributed by atoms with van der Waals surface area (Å²) >= 11 is 0. The van der Waals surface area contributed by atoms with Crippen LogP contribution < -0.4 is 15.0 Å². The second-order valence-electron chi connectivity index (χ2n) is 10.6. The predicted molar refractivity (Wildman–Crippen MR) is 162 cm³/mol. The number of aromatic nitrogens is 3. The van der Waals surface area contributed by atoms with Gasteiger partial charge in [-0.05, 0) is 48.1 Å². The van der Waals surface area contributed by atoms with Crippen LogP contribution in [0.25, 0.3) is 22.4 Å². The lowest BCUT2D eigenvalue weighted by molar-refractivity contribution is -0.148. The molecule has 4 rings (SSSR count). The van der Waals surface area contributed by atoms with Crippen LogP contribution in [0.3, 0.4) is 0 Å². The van der Waals surface area contributed by atoms with Gasteiger partial charge >= 0.3 is 5.97 Å². The molecule has 0 spiro atoms. The molecule has 4 aromatic rings. The van der Waals surface area contributed by atoms with Crippen molar-refractivity contribution in [3.63, 3.8) is 0 Å². The van der Waals surface area contributed by atoms with Crippen molar-refractivity contribution in [2.45, 2.75) is 64.5 Å². The van der Waals surface area contributed by atoms with Crippen LogP contribution in [0.15, 0.2) is 64.4 Å². The van der Waals surface area contributed by atoms with E-state index in [4.69, 9.17) is 14.5 Å². The van der Waals surface area contributed by atoms with Gasteiger partial charge < -0.3 is 19.0 Å². The number of esters is 1. The summed E-state index contributed by atoms with van der Waals surface area (Å²) in [6.07, 6.45) is 4.23. The quantitative estimate of drug-likeness (QED) is 0.214. The van der Waals surface area contributed by atoms with Gasteiger partial charge in [0.15, 0.2) is 0 Å². The molecule has 11 heteroatoms. The van der Waals surface area contributed by atoms with E-state index in [-0.39, 0.29) is 28.8 Å². The minimum Gasteiger partial charge on any atom is -0.493 e. The maximum absolute atomic E-state index is 13.6. The molecular formula is C31H38N4O6S. The van der Waals surface area contributed by atoms with Crippen LogP contribution in [0.1, 0.15) is 51.7 Å². The van der Waals surface area contributed by atoms with Gasteiger partial charge in [0, 0.05) is 13.2 Å². The summed E-state index contributed by atoms with van der Waals surface area (Å²) in [5.41, 5.74) is 2.71. The molecule has 0 aliphatic carbocycles. The van der Waals surface area contributed by atoms with E-state index >= 15 is 0 Å². The Morgan fingerprint density at radius 2 is 1.83 bits per heavy atom. The molecule has 0 unspecified atom stereocenters. The largest absolute Gasteiger partial charge is 0.493 e. The molecule has 2 aromatic carbocycles. The number of hydrogen-bond donors (Lipinski definition) is 2. The number of sulfonamides is 1. The van der Waals surface area contributed by atoms with Crippen molar-refractivity contribution < 1.29 is 22.7 Å². The van der Waals surface area contributed by atoms with Gasteiger partial charge in [-0.15, -0.1) is 0 Å². The molecule has 0 saturated heterocycles. The molecule has 0 amide bonds. The van der Waals surface area contributed by atoms with Crippen LogP contribution >= 0.6 is 0 Å². The second-order valence-corrected chi connectivity index (χ2v) is 12.3. The highest BCUT2D eigenvalue weighted by atomic mass is 32.2. The molecule has 0 aliphatic rings. The van der Waals surface area contributed by atoms with Gasteiger partial charge in [-0.2, -0.15) is 4.72 Å². The average molecular weight is 595 g/mol. The van der Waals surface area contributed by atoms with Crippen LogP contribution in [0, 0.1) is 5.92 Å². The zero-order valence-corrected chi connectivity index (χ0v) is 25.5. The second kappa shape index (κ2) is 13.3. The standard InChI is InChI=1S/C31H38N4O6S/c1-6-11-22-18-35(5)28-27(22)32-29(33-30(28)36)24-17-23(14-15-25(24)40-16-7-2)42(38,39)34-26(20(3)4)31(37)41-19-21-12-9-8-10-13-21/h8-10,12-15,17-18,20,26,34H,6-7,11,16,19H2,1-5H3,(H,32,33,36)/t26-/m0/s1. The highest BCUT2D eigenvalue weighted by Crippen LogP contribution is 2.32. The van der Waals surface area contributed by atoms with Crippen LogP contribution in [-0.4, -0.2) is 41.6 Å². The molecule has 0 aliphatic heterocycles. The van der Waals surface area contributed by atoms with Crippen LogP contribution in [0.2, 0.25) is 0 Å². The summed E-state index contributed by atoms with van der Waals surface area (Å²) in [6.45, 7) is 7.90.